The maximum Gasteiger partial charge on any atom is 0.339 e. The van der Waals surface area contributed by atoms with Crippen molar-refractivity contribution in [1.82, 2.24) is 9.97 Å². The summed E-state index contributed by atoms with van der Waals surface area (Å²) in [6.45, 7) is 4.09. The average Bonchev–Trinajstić information content (AvgIpc) is 2.17. The summed E-state index contributed by atoms with van der Waals surface area (Å²) < 4.78 is 4.96. The molecule has 0 saturated heterocycles. The van der Waals surface area contributed by atoms with Crippen LogP contribution in [0.25, 0.3) is 0 Å². The lowest BCUT2D eigenvalue weighted by molar-refractivity contribution is 0.0695. The van der Waals surface area contributed by atoms with Gasteiger partial charge in [-0.2, -0.15) is 0 Å². The Labute approximate surface area is 93.7 Å². The van der Waals surface area contributed by atoms with Crippen LogP contribution in [-0.2, 0) is 4.74 Å². The molecule has 1 aromatic rings. The molecule has 1 atom stereocenters. The third kappa shape index (κ3) is 3.16. The first kappa shape index (κ1) is 12.4. The molecule has 0 fully saturated rings. The molecule has 0 spiro atoms. The molecule has 16 heavy (non-hydrogen) atoms. The molecule has 1 heterocycles. The van der Waals surface area contributed by atoms with Gasteiger partial charge in [0.1, 0.15) is 0 Å². The Balaban J connectivity index is 2.77. The molecule has 0 radical (unpaired) electrons. The van der Waals surface area contributed by atoms with E-state index in [0.29, 0.717) is 18.2 Å². The molecule has 88 valence electrons. The van der Waals surface area contributed by atoms with Gasteiger partial charge in [-0.3, -0.25) is 0 Å². The first-order valence-corrected chi connectivity index (χ1v) is 4.87. The van der Waals surface area contributed by atoms with Gasteiger partial charge < -0.3 is 15.2 Å². The fraction of sp³-hybridized carbons (Fsp3) is 0.500. The largest absolute Gasteiger partial charge is 0.478 e. The lowest BCUT2D eigenvalue weighted by atomic mass is 10.2. The molecule has 0 aliphatic carbocycles. The second kappa shape index (κ2) is 5.41. The second-order valence-electron chi connectivity index (χ2n) is 3.50. The molecular formula is C10H15N3O3. The number of aromatic nitrogens is 2. The van der Waals surface area contributed by atoms with Gasteiger partial charge in [0.05, 0.1) is 17.9 Å². The number of hydrogen-bond donors (Lipinski definition) is 2. The van der Waals surface area contributed by atoms with Gasteiger partial charge in [-0.25, -0.2) is 14.8 Å². The van der Waals surface area contributed by atoms with Gasteiger partial charge in [-0.1, -0.05) is 0 Å². The molecule has 0 amide bonds. The molecule has 0 saturated carbocycles. The van der Waals surface area contributed by atoms with Gasteiger partial charge in [0.2, 0.25) is 5.95 Å². The molecule has 1 unspecified atom stereocenters. The highest BCUT2D eigenvalue weighted by molar-refractivity contribution is 5.88. The van der Waals surface area contributed by atoms with E-state index >= 15 is 0 Å². The number of nitrogens with zero attached hydrogens (tertiary/aromatic N) is 2. The number of ether oxygens (including phenoxy) is 1. The summed E-state index contributed by atoms with van der Waals surface area (Å²) in [5.74, 6) is -0.610. The minimum absolute atomic E-state index is 0.0695. The first-order valence-electron chi connectivity index (χ1n) is 4.87. The van der Waals surface area contributed by atoms with Gasteiger partial charge in [0.25, 0.3) is 0 Å². The van der Waals surface area contributed by atoms with Crippen molar-refractivity contribution < 1.29 is 14.6 Å². The topological polar surface area (TPSA) is 84.3 Å². The number of rotatable bonds is 5. The van der Waals surface area contributed by atoms with E-state index in [1.54, 1.807) is 14.0 Å². The normalized spacial score (nSPS) is 12.2. The van der Waals surface area contributed by atoms with Crippen molar-refractivity contribution in [1.29, 1.82) is 0 Å². The minimum Gasteiger partial charge on any atom is -0.478 e. The SMILES string of the molecule is COCC(C)Nc1ncc(C(=O)O)c(C)n1. The van der Waals surface area contributed by atoms with E-state index in [9.17, 15) is 4.79 Å². The average molecular weight is 225 g/mol. The molecule has 2 N–H and O–H groups in total. The number of carboxylic acids is 1. The van der Waals surface area contributed by atoms with Crippen LogP contribution in [0.1, 0.15) is 23.0 Å². The van der Waals surface area contributed by atoms with Crippen molar-refractivity contribution in [2.24, 2.45) is 0 Å². The zero-order chi connectivity index (χ0) is 12.1. The highest BCUT2D eigenvalue weighted by Crippen LogP contribution is 2.07. The highest BCUT2D eigenvalue weighted by atomic mass is 16.5. The van der Waals surface area contributed by atoms with E-state index in [1.807, 2.05) is 6.92 Å². The highest BCUT2D eigenvalue weighted by Gasteiger charge is 2.10. The monoisotopic (exact) mass is 225 g/mol. The summed E-state index contributed by atoms with van der Waals surface area (Å²) >= 11 is 0. The van der Waals surface area contributed by atoms with E-state index in [0.717, 1.165) is 0 Å². The van der Waals surface area contributed by atoms with Crippen molar-refractivity contribution in [2.45, 2.75) is 19.9 Å². The molecular weight excluding hydrogens is 210 g/mol. The van der Waals surface area contributed by atoms with Crippen molar-refractivity contribution in [3.63, 3.8) is 0 Å². The van der Waals surface area contributed by atoms with Gasteiger partial charge in [-0.05, 0) is 13.8 Å². The van der Waals surface area contributed by atoms with Gasteiger partial charge in [0.15, 0.2) is 0 Å². The zero-order valence-electron chi connectivity index (χ0n) is 9.52. The second-order valence-corrected chi connectivity index (χ2v) is 3.50. The fourth-order valence-electron chi connectivity index (χ4n) is 1.26. The van der Waals surface area contributed by atoms with Gasteiger partial charge >= 0.3 is 5.97 Å². The minimum atomic E-state index is -1.02. The lowest BCUT2D eigenvalue weighted by Crippen LogP contribution is -2.22. The Morgan fingerprint density at radius 2 is 2.38 bits per heavy atom. The van der Waals surface area contributed by atoms with Crippen LogP contribution in [0.5, 0.6) is 0 Å². The number of anilines is 1. The quantitative estimate of drug-likeness (QED) is 0.775. The number of carboxylic acid groups (broad SMARTS) is 1. The summed E-state index contributed by atoms with van der Waals surface area (Å²) in [7, 11) is 1.61. The van der Waals surface area contributed by atoms with Crippen molar-refractivity contribution in [3.05, 3.63) is 17.5 Å². The third-order valence-corrected chi connectivity index (χ3v) is 2.00. The smallest absolute Gasteiger partial charge is 0.339 e. The van der Waals surface area contributed by atoms with Crippen LogP contribution in [0.15, 0.2) is 6.20 Å². The summed E-state index contributed by atoms with van der Waals surface area (Å²) in [5.41, 5.74) is 0.555. The number of nitrogens with one attached hydrogen (secondary N) is 1. The van der Waals surface area contributed by atoms with Crippen molar-refractivity contribution in [3.8, 4) is 0 Å². The summed E-state index contributed by atoms with van der Waals surface area (Å²) in [5, 5.41) is 11.8. The maximum atomic E-state index is 10.7. The number of aromatic carboxylic acids is 1. The summed E-state index contributed by atoms with van der Waals surface area (Å²) in [4.78, 5) is 18.7. The zero-order valence-corrected chi connectivity index (χ0v) is 9.52. The van der Waals surface area contributed by atoms with Crippen LogP contribution >= 0.6 is 0 Å². The number of aryl methyl sites for hydroxylation is 1. The Bertz CT molecular complexity index is 382. The third-order valence-electron chi connectivity index (χ3n) is 2.00. The molecule has 0 aliphatic heterocycles. The predicted molar refractivity (Wildman–Crippen MR) is 58.7 cm³/mol. The van der Waals surface area contributed by atoms with Crippen LogP contribution in [0, 0.1) is 6.92 Å². The molecule has 6 nitrogen and oxygen atoms in total. The Morgan fingerprint density at radius 1 is 1.69 bits per heavy atom. The van der Waals surface area contributed by atoms with E-state index in [1.165, 1.54) is 6.20 Å². The first-order chi connectivity index (χ1) is 7.54. The lowest BCUT2D eigenvalue weighted by Gasteiger charge is -2.12. The molecule has 6 heteroatoms. The standard InChI is InChI=1S/C10H15N3O3/c1-6(5-16-3)12-10-11-4-8(9(14)15)7(2)13-10/h4,6H,5H2,1-3H3,(H,14,15)(H,11,12,13). The predicted octanol–water partition coefficient (Wildman–Crippen LogP) is 0.930. The molecule has 0 aliphatic rings. The van der Waals surface area contributed by atoms with Crippen molar-refractivity contribution in [2.75, 3.05) is 19.0 Å². The van der Waals surface area contributed by atoms with Gasteiger partial charge in [0, 0.05) is 19.3 Å². The number of carbonyl (C=O) groups is 1. The number of hydrogen-bond acceptors (Lipinski definition) is 5. The van der Waals surface area contributed by atoms with Crippen LogP contribution in [0.4, 0.5) is 5.95 Å². The summed E-state index contributed by atoms with van der Waals surface area (Å²) in [6.07, 6.45) is 1.30. The Morgan fingerprint density at radius 3 is 2.88 bits per heavy atom. The van der Waals surface area contributed by atoms with Crippen LogP contribution < -0.4 is 5.32 Å². The number of methoxy groups -OCH3 is 1. The summed E-state index contributed by atoms with van der Waals surface area (Å²) in [6, 6.07) is 0.0695. The molecule has 0 aromatic carbocycles. The maximum absolute atomic E-state index is 10.7. The molecule has 1 aromatic heterocycles. The van der Waals surface area contributed by atoms with E-state index in [2.05, 4.69) is 15.3 Å². The van der Waals surface area contributed by atoms with Gasteiger partial charge in [-0.15, -0.1) is 0 Å². The van der Waals surface area contributed by atoms with E-state index in [4.69, 9.17) is 9.84 Å². The molecule has 0 bridgehead atoms. The van der Waals surface area contributed by atoms with Crippen LogP contribution in [-0.4, -0.2) is 40.8 Å². The van der Waals surface area contributed by atoms with Crippen LogP contribution in [0.2, 0.25) is 0 Å². The molecule has 1 rings (SSSR count). The fourth-order valence-corrected chi connectivity index (χ4v) is 1.26. The van der Waals surface area contributed by atoms with Crippen LogP contribution in [0.3, 0.4) is 0 Å². The van der Waals surface area contributed by atoms with E-state index in [-0.39, 0.29) is 11.6 Å². The van der Waals surface area contributed by atoms with Crippen molar-refractivity contribution >= 4 is 11.9 Å². The Kier molecular flexibility index (Phi) is 4.19. The Hall–Kier alpha value is -1.69. The van der Waals surface area contributed by atoms with E-state index < -0.39 is 5.97 Å².